The van der Waals surface area contributed by atoms with Crippen molar-refractivity contribution in [1.82, 2.24) is 10.2 Å². The first-order valence-electron chi connectivity index (χ1n) is 14.8. The lowest BCUT2D eigenvalue weighted by Gasteiger charge is -2.40. The van der Waals surface area contributed by atoms with E-state index in [0.717, 1.165) is 74.7 Å². The topological polar surface area (TPSA) is 32.3 Å². The molecule has 1 aliphatic heterocycles. The van der Waals surface area contributed by atoms with Gasteiger partial charge in [-0.3, -0.25) is 4.79 Å². The molecule has 1 saturated heterocycles. The molecule has 3 aliphatic carbocycles. The molecule has 0 aromatic carbocycles. The van der Waals surface area contributed by atoms with Gasteiger partial charge in [-0.2, -0.15) is 11.8 Å². The summed E-state index contributed by atoms with van der Waals surface area (Å²) in [5.41, 5.74) is 1.61. The zero-order valence-electron chi connectivity index (χ0n) is 22.7. The van der Waals surface area contributed by atoms with E-state index in [-0.39, 0.29) is 6.04 Å². The van der Waals surface area contributed by atoms with E-state index in [0.29, 0.717) is 23.1 Å². The van der Waals surface area contributed by atoms with E-state index < -0.39 is 0 Å². The molecule has 0 bridgehead atoms. The maximum absolute atomic E-state index is 13.5. The maximum Gasteiger partial charge on any atom is 0.239 e. The molecule has 0 aromatic rings. The van der Waals surface area contributed by atoms with Crippen LogP contribution < -0.4 is 5.32 Å². The largest absolute Gasteiger partial charge is 0.341 e. The number of thioether (sulfide) groups is 1. The fourth-order valence-corrected chi connectivity index (χ4v) is 8.57. The Bertz CT molecular complexity index is 704. The van der Waals surface area contributed by atoms with E-state index in [1.807, 2.05) is 0 Å². The second kappa shape index (κ2) is 13.6. The molecule has 4 rings (SSSR count). The minimum atomic E-state index is -0.0339. The number of carbonyl (C=O) groups excluding carboxylic acids is 1. The first-order chi connectivity index (χ1) is 16.9. The maximum atomic E-state index is 13.5. The summed E-state index contributed by atoms with van der Waals surface area (Å²) in [4.78, 5) is 15.7. The van der Waals surface area contributed by atoms with Crippen molar-refractivity contribution in [3.8, 4) is 0 Å². The summed E-state index contributed by atoms with van der Waals surface area (Å²) >= 11 is 8.38. The first-order valence-corrected chi connectivity index (χ1v) is 16.5. The van der Waals surface area contributed by atoms with Crippen molar-refractivity contribution in [2.75, 3.05) is 25.9 Å². The Kier molecular flexibility index (Phi) is 10.8. The van der Waals surface area contributed by atoms with Crippen LogP contribution in [0.3, 0.4) is 0 Å². The summed E-state index contributed by atoms with van der Waals surface area (Å²) in [5.74, 6) is 3.95. The van der Waals surface area contributed by atoms with Crippen LogP contribution in [0.25, 0.3) is 0 Å². The van der Waals surface area contributed by atoms with Crippen LogP contribution in [-0.4, -0.2) is 53.4 Å². The number of alkyl halides is 1. The SMILES string of the molecule is CSC1CCCC(C2CCCC(CN[C@@H](C(=O)N3CCC(C4=CCC(Cl)CC4)CC3)C(C)C)C2)C1. The first kappa shape index (κ1) is 27.8. The van der Waals surface area contributed by atoms with E-state index in [1.54, 1.807) is 5.57 Å². The summed E-state index contributed by atoms with van der Waals surface area (Å²) < 4.78 is 0. The lowest BCUT2D eigenvalue weighted by molar-refractivity contribution is -0.136. The second-order valence-corrected chi connectivity index (χ2v) is 14.2. The van der Waals surface area contributed by atoms with Crippen LogP contribution in [0.4, 0.5) is 0 Å². The number of hydrogen-bond acceptors (Lipinski definition) is 3. The van der Waals surface area contributed by atoms with Crippen molar-refractivity contribution in [2.45, 2.75) is 114 Å². The van der Waals surface area contributed by atoms with Gasteiger partial charge in [0, 0.05) is 23.7 Å². The fraction of sp³-hybridized carbons (Fsp3) is 0.900. The minimum Gasteiger partial charge on any atom is -0.341 e. The van der Waals surface area contributed by atoms with Crippen molar-refractivity contribution in [1.29, 1.82) is 0 Å². The molecule has 6 atom stereocenters. The molecule has 5 unspecified atom stereocenters. The average molecular weight is 523 g/mol. The van der Waals surface area contributed by atoms with Crippen molar-refractivity contribution in [3.63, 3.8) is 0 Å². The number of piperidine rings is 1. The van der Waals surface area contributed by atoms with Gasteiger partial charge in [-0.05, 0) is 100 Å². The molecule has 5 heteroatoms. The predicted molar refractivity (Wildman–Crippen MR) is 152 cm³/mol. The molecule has 1 N–H and O–H groups in total. The molecular formula is C30H51ClN2OS. The molecule has 35 heavy (non-hydrogen) atoms. The Balaban J connectivity index is 1.25. The third kappa shape index (κ3) is 7.66. The van der Waals surface area contributed by atoms with Crippen LogP contribution in [0, 0.1) is 29.6 Å². The number of nitrogens with zero attached hydrogens (tertiary/aromatic N) is 1. The standard InChI is InChI=1S/C30H51ClN2OS/c1-21(2)29(30(34)33-16-14-24(15-17-33)23-10-12-27(31)13-11-23)32-20-22-6-4-7-25(18-22)26-8-5-9-28(19-26)35-3/h10,21-22,24-29,32H,4-9,11-20H2,1-3H3/t22?,25?,26?,27?,28?,29-/m1/s1. The monoisotopic (exact) mass is 522 g/mol. The Morgan fingerprint density at radius 2 is 1.77 bits per heavy atom. The van der Waals surface area contributed by atoms with E-state index >= 15 is 0 Å². The molecule has 4 aliphatic rings. The van der Waals surface area contributed by atoms with E-state index in [4.69, 9.17) is 11.6 Å². The van der Waals surface area contributed by atoms with Gasteiger partial charge in [0.25, 0.3) is 0 Å². The number of carbonyl (C=O) groups is 1. The molecule has 3 nitrogen and oxygen atoms in total. The summed E-state index contributed by atoms with van der Waals surface area (Å²) in [6.07, 6.45) is 21.5. The van der Waals surface area contributed by atoms with Crippen LogP contribution in [0.1, 0.15) is 97.3 Å². The molecule has 0 spiro atoms. The zero-order valence-corrected chi connectivity index (χ0v) is 24.2. The predicted octanol–water partition coefficient (Wildman–Crippen LogP) is 7.29. The summed E-state index contributed by atoms with van der Waals surface area (Å²) in [6, 6.07) is -0.0339. The highest BCUT2D eigenvalue weighted by atomic mass is 35.5. The van der Waals surface area contributed by atoms with Gasteiger partial charge in [0.05, 0.1) is 6.04 Å². The van der Waals surface area contributed by atoms with Gasteiger partial charge in [0.15, 0.2) is 0 Å². The van der Waals surface area contributed by atoms with Gasteiger partial charge in [0.2, 0.25) is 5.91 Å². The highest BCUT2D eigenvalue weighted by Crippen LogP contribution is 2.42. The normalized spacial score (nSPS) is 34.0. The molecule has 1 heterocycles. The van der Waals surface area contributed by atoms with Gasteiger partial charge in [-0.1, -0.05) is 51.2 Å². The van der Waals surface area contributed by atoms with E-state index in [2.05, 4.69) is 48.2 Å². The number of halogens is 1. The van der Waals surface area contributed by atoms with Crippen LogP contribution in [0.2, 0.25) is 0 Å². The Morgan fingerprint density at radius 1 is 1.06 bits per heavy atom. The van der Waals surface area contributed by atoms with Gasteiger partial charge in [0.1, 0.15) is 0 Å². The van der Waals surface area contributed by atoms with E-state index in [9.17, 15) is 4.79 Å². The van der Waals surface area contributed by atoms with Crippen molar-refractivity contribution >= 4 is 29.3 Å². The zero-order chi connectivity index (χ0) is 24.8. The Hall–Kier alpha value is -0.190. The number of nitrogens with one attached hydrogen (secondary N) is 1. The fourth-order valence-electron chi connectivity index (χ4n) is 7.53. The average Bonchev–Trinajstić information content (AvgIpc) is 2.89. The van der Waals surface area contributed by atoms with Crippen molar-refractivity contribution in [3.05, 3.63) is 11.6 Å². The molecule has 2 saturated carbocycles. The van der Waals surface area contributed by atoms with Crippen LogP contribution in [0.5, 0.6) is 0 Å². The summed E-state index contributed by atoms with van der Waals surface area (Å²) in [7, 11) is 0. The van der Waals surface area contributed by atoms with Crippen molar-refractivity contribution in [2.24, 2.45) is 29.6 Å². The Labute approximate surface area is 225 Å². The van der Waals surface area contributed by atoms with Crippen LogP contribution >= 0.6 is 23.4 Å². The second-order valence-electron chi connectivity index (χ2n) is 12.5. The van der Waals surface area contributed by atoms with Gasteiger partial charge in [-0.25, -0.2) is 0 Å². The Morgan fingerprint density at radius 3 is 2.43 bits per heavy atom. The van der Waals surface area contributed by atoms with Gasteiger partial charge < -0.3 is 10.2 Å². The highest BCUT2D eigenvalue weighted by Gasteiger charge is 2.34. The molecule has 3 fully saturated rings. The molecule has 1 amide bonds. The minimum absolute atomic E-state index is 0.0339. The smallest absolute Gasteiger partial charge is 0.239 e. The van der Waals surface area contributed by atoms with Gasteiger partial charge in [-0.15, -0.1) is 11.6 Å². The number of allylic oxidation sites excluding steroid dienone is 2. The third-order valence-electron chi connectivity index (χ3n) is 9.76. The molecule has 200 valence electrons. The lowest BCUT2D eigenvalue weighted by Crippen LogP contribution is -2.52. The number of hydrogen-bond donors (Lipinski definition) is 1. The van der Waals surface area contributed by atoms with Crippen LogP contribution in [-0.2, 0) is 4.79 Å². The number of likely N-dealkylation sites (tertiary alicyclic amines) is 1. The molecule has 0 radical (unpaired) electrons. The lowest BCUT2D eigenvalue weighted by atomic mass is 9.70. The molecular weight excluding hydrogens is 472 g/mol. The highest BCUT2D eigenvalue weighted by molar-refractivity contribution is 7.99. The number of amides is 1. The summed E-state index contributed by atoms with van der Waals surface area (Å²) in [6.45, 7) is 7.28. The summed E-state index contributed by atoms with van der Waals surface area (Å²) in [5, 5.41) is 5.01. The molecule has 0 aromatic heterocycles. The van der Waals surface area contributed by atoms with Gasteiger partial charge >= 0.3 is 0 Å². The van der Waals surface area contributed by atoms with Crippen LogP contribution in [0.15, 0.2) is 11.6 Å². The van der Waals surface area contributed by atoms with Crippen molar-refractivity contribution < 1.29 is 4.79 Å². The van der Waals surface area contributed by atoms with E-state index in [1.165, 1.54) is 51.4 Å². The quantitative estimate of drug-likeness (QED) is 0.268. The number of rotatable bonds is 8. The third-order valence-corrected chi connectivity index (χ3v) is 11.3.